The van der Waals surface area contributed by atoms with Crippen LogP contribution >= 0.6 is 0 Å². The number of carboxylic acid groups (broad SMARTS) is 1. The van der Waals surface area contributed by atoms with Crippen LogP contribution in [0.3, 0.4) is 0 Å². The minimum absolute atomic E-state index is 0.659. The smallest absolute Gasteiger partial charge is 0.322 e. The Kier molecular flexibility index (Phi) is 3.22. The van der Waals surface area contributed by atoms with Gasteiger partial charge in [0.2, 0.25) is 0 Å². The van der Waals surface area contributed by atoms with E-state index in [-0.39, 0.29) is 0 Å². The molecule has 0 fully saturated rings. The van der Waals surface area contributed by atoms with Crippen molar-refractivity contribution in [3.05, 3.63) is 35.4 Å². The van der Waals surface area contributed by atoms with E-state index in [0.29, 0.717) is 0 Å². The van der Waals surface area contributed by atoms with Crippen molar-refractivity contribution < 1.29 is 9.90 Å². The highest BCUT2D eigenvalue weighted by Crippen LogP contribution is 2.17. The zero-order valence-electron chi connectivity index (χ0n) is 7.97. The van der Waals surface area contributed by atoms with Crippen LogP contribution in [0.25, 0.3) is 0 Å². The fourth-order valence-corrected chi connectivity index (χ4v) is 1.31. The first-order valence-electron chi connectivity index (χ1n) is 4.33. The molecule has 0 aliphatic heterocycles. The van der Waals surface area contributed by atoms with Crippen LogP contribution in [0.4, 0.5) is 0 Å². The standard InChI is InChI=1S/C10H14N2O2/c1-6-4-2-3-5-7(6)8(11)9(12)10(13)14/h2-5,8-9H,11-12H2,1H3,(H,13,14). The average Bonchev–Trinajstić information content (AvgIpc) is 2.16. The first-order chi connectivity index (χ1) is 6.54. The molecule has 0 aliphatic rings. The Morgan fingerprint density at radius 2 is 1.93 bits per heavy atom. The maximum atomic E-state index is 10.6. The molecular formula is C10H14N2O2. The summed E-state index contributed by atoms with van der Waals surface area (Å²) in [6.45, 7) is 1.88. The van der Waals surface area contributed by atoms with Gasteiger partial charge in [-0.3, -0.25) is 4.79 Å². The van der Waals surface area contributed by atoms with E-state index in [2.05, 4.69) is 0 Å². The molecule has 5 N–H and O–H groups in total. The molecule has 2 atom stereocenters. The largest absolute Gasteiger partial charge is 0.480 e. The van der Waals surface area contributed by atoms with E-state index >= 15 is 0 Å². The minimum Gasteiger partial charge on any atom is -0.480 e. The molecule has 0 saturated heterocycles. The third-order valence-electron chi connectivity index (χ3n) is 2.22. The summed E-state index contributed by atoms with van der Waals surface area (Å²) >= 11 is 0. The van der Waals surface area contributed by atoms with Gasteiger partial charge in [0, 0.05) is 0 Å². The Morgan fingerprint density at radius 3 is 2.43 bits per heavy atom. The second kappa shape index (κ2) is 4.21. The first-order valence-corrected chi connectivity index (χ1v) is 4.33. The van der Waals surface area contributed by atoms with Gasteiger partial charge in [0.25, 0.3) is 0 Å². The summed E-state index contributed by atoms with van der Waals surface area (Å²) in [6, 6.07) is 5.64. The molecule has 4 nitrogen and oxygen atoms in total. The first kappa shape index (κ1) is 10.7. The zero-order chi connectivity index (χ0) is 10.7. The topological polar surface area (TPSA) is 89.3 Å². The van der Waals surface area contributed by atoms with Crippen LogP contribution in [-0.2, 0) is 4.79 Å². The number of carboxylic acids is 1. The molecule has 0 bridgehead atoms. The monoisotopic (exact) mass is 194 g/mol. The van der Waals surface area contributed by atoms with Gasteiger partial charge in [-0.15, -0.1) is 0 Å². The van der Waals surface area contributed by atoms with E-state index in [9.17, 15) is 4.79 Å². The van der Waals surface area contributed by atoms with Crippen LogP contribution in [0.5, 0.6) is 0 Å². The second-order valence-corrected chi connectivity index (χ2v) is 3.25. The maximum absolute atomic E-state index is 10.6. The lowest BCUT2D eigenvalue weighted by molar-refractivity contribution is -0.139. The summed E-state index contributed by atoms with van der Waals surface area (Å²) in [5.41, 5.74) is 12.9. The number of nitrogens with two attached hydrogens (primary N) is 2. The molecule has 0 aliphatic carbocycles. The quantitative estimate of drug-likeness (QED) is 0.650. The molecule has 4 heteroatoms. The molecule has 2 unspecified atom stereocenters. The average molecular weight is 194 g/mol. The van der Waals surface area contributed by atoms with Crippen LogP contribution in [0.2, 0.25) is 0 Å². The number of benzene rings is 1. The predicted molar refractivity (Wildman–Crippen MR) is 53.7 cm³/mol. The lowest BCUT2D eigenvalue weighted by Crippen LogP contribution is -2.41. The highest BCUT2D eigenvalue weighted by atomic mass is 16.4. The molecule has 0 aromatic heterocycles. The van der Waals surface area contributed by atoms with Crippen molar-refractivity contribution in [2.24, 2.45) is 11.5 Å². The van der Waals surface area contributed by atoms with Gasteiger partial charge in [-0.25, -0.2) is 0 Å². The normalized spacial score (nSPS) is 14.8. The minimum atomic E-state index is -1.08. The number of aliphatic carboxylic acids is 1. The van der Waals surface area contributed by atoms with Gasteiger partial charge in [-0.2, -0.15) is 0 Å². The molecule has 1 aromatic carbocycles. The van der Waals surface area contributed by atoms with E-state index in [1.807, 2.05) is 25.1 Å². The van der Waals surface area contributed by atoms with Crippen molar-refractivity contribution in [2.75, 3.05) is 0 Å². The highest BCUT2D eigenvalue weighted by Gasteiger charge is 2.22. The number of hydrogen-bond acceptors (Lipinski definition) is 3. The van der Waals surface area contributed by atoms with Crippen molar-refractivity contribution in [1.29, 1.82) is 0 Å². The lowest BCUT2D eigenvalue weighted by atomic mass is 9.97. The van der Waals surface area contributed by atoms with E-state index in [0.717, 1.165) is 11.1 Å². The summed E-state index contributed by atoms with van der Waals surface area (Å²) in [6.07, 6.45) is 0. The van der Waals surface area contributed by atoms with Gasteiger partial charge in [0.1, 0.15) is 6.04 Å². The Bertz CT molecular complexity index is 339. The van der Waals surface area contributed by atoms with Crippen LogP contribution in [0.1, 0.15) is 17.2 Å². The Hall–Kier alpha value is -1.39. The highest BCUT2D eigenvalue weighted by molar-refractivity contribution is 5.74. The Balaban J connectivity index is 2.94. The molecule has 0 radical (unpaired) electrons. The van der Waals surface area contributed by atoms with Gasteiger partial charge in [0.05, 0.1) is 6.04 Å². The van der Waals surface area contributed by atoms with Gasteiger partial charge < -0.3 is 16.6 Å². The summed E-state index contributed by atoms with van der Waals surface area (Å²) in [7, 11) is 0. The number of hydrogen-bond donors (Lipinski definition) is 3. The fraction of sp³-hybridized carbons (Fsp3) is 0.300. The van der Waals surface area contributed by atoms with Crippen LogP contribution in [0, 0.1) is 6.92 Å². The van der Waals surface area contributed by atoms with Crippen LogP contribution < -0.4 is 11.5 Å². The molecule has 1 rings (SSSR count). The van der Waals surface area contributed by atoms with Crippen molar-refractivity contribution in [3.63, 3.8) is 0 Å². The molecule has 1 aromatic rings. The van der Waals surface area contributed by atoms with Crippen molar-refractivity contribution in [2.45, 2.75) is 19.0 Å². The molecule has 0 spiro atoms. The van der Waals surface area contributed by atoms with Gasteiger partial charge in [-0.05, 0) is 18.1 Å². The summed E-state index contributed by atoms with van der Waals surface area (Å²) in [4.78, 5) is 10.6. The van der Waals surface area contributed by atoms with Gasteiger partial charge >= 0.3 is 5.97 Å². The van der Waals surface area contributed by atoms with Crippen molar-refractivity contribution in [3.8, 4) is 0 Å². The summed E-state index contributed by atoms with van der Waals surface area (Å²) < 4.78 is 0. The summed E-state index contributed by atoms with van der Waals surface area (Å²) in [5.74, 6) is -1.08. The number of carbonyl (C=O) groups is 1. The van der Waals surface area contributed by atoms with Crippen LogP contribution in [0.15, 0.2) is 24.3 Å². The van der Waals surface area contributed by atoms with Crippen molar-refractivity contribution in [1.82, 2.24) is 0 Å². The van der Waals surface area contributed by atoms with E-state index < -0.39 is 18.1 Å². The van der Waals surface area contributed by atoms with Crippen molar-refractivity contribution >= 4 is 5.97 Å². The lowest BCUT2D eigenvalue weighted by Gasteiger charge is -2.18. The van der Waals surface area contributed by atoms with E-state index in [1.54, 1.807) is 6.07 Å². The summed E-state index contributed by atoms with van der Waals surface area (Å²) in [5, 5.41) is 8.70. The molecule has 76 valence electrons. The van der Waals surface area contributed by atoms with Gasteiger partial charge in [-0.1, -0.05) is 24.3 Å². The third kappa shape index (κ3) is 2.10. The number of rotatable bonds is 3. The van der Waals surface area contributed by atoms with E-state index in [1.165, 1.54) is 0 Å². The number of aryl methyl sites for hydroxylation is 1. The molecule has 0 saturated carbocycles. The SMILES string of the molecule is Cc1ccccc1C(N)C(N)C(=O)O. The zero-order valence-corrected chi connectivity index (χ0v) is 7.97. The predicted octanol–water partition coefficient (Wildman–Crippen LogP) is 0.407. The maximum Gasteiger partial charge on any atom is 0.322 e. The molecule has 0 amide bonds. The molecule has 0 heterocycles. The van der Waals surface area contributed by atoms with Crippen LogP contribution in [-0.4, -0.2) is 17.1 Å². The fourth-order valence-electron chi connectivity index (χ4n) is 1.31. The molecule has 14 heavy (non-hydrogen) atoms. The second-order valence-electron chi connectivity index (χ2n) is 3.25. The Morgan fingerprint density at radius 1 is 1.36 bits per heavy atom. The van der Waals surface area contributed by atoms with Gasteiger partial charge in [0.15, 0.2) is 0 Å². The Labute approximate surface area is 82.5 Å². The third-order valence-corrected chi connectivity index (χ3v) is 2.22. The molecular weight excluding hydrogens is 180 g/mol. The van der Waals surface area contributed by atoms with E-state index in [4.69, 9.17) is 16.6 Å².